The van der Waals surface area contributed by atoms with Crippen LogP contribution >= 0.6 is 23.2 Å². The Bertz CT molecular complexity index is 585. The van der Waals surface area contributed by atoms with Gasteiger partial charge in [0.2, 0.25) is 0 Å². The number of benzene rings is 1. The molecule has 0 aliphatic rings. The van der Waals surface area contributed by atoms with Crippen molar-refractivity contribution in [3.63, 3.8) is 0 Å². The molecule has 1 aromatic heterocycles. The Kier molecular flexibility index (Phi) is 4.77. The zero-order valence-electron chi connectivity index (χ0n) is 10.3. The first kappa shape index (κ1) is 13.8. The van der Waals surface area contributed by atoms with Gasteiger partial charge >= 0.3 is 0 Å². The maximum atomic E-state index is 6.19. The number of oxime groups is 1. The van der Waals surface area contributed by atoms with Gasteiger partial charge in [-0.25, -0.2) is 0 Å². The van der Waals surface area contributed by atoms with Gasteiger partial charge in [-0.3, -0.25) is 4.98 Å². The molecule has 1 heterocycles. The molecule has 0 aliphatic carbocycles. The molecule has 98 valence electrons. The Labute approximate surface area is 121 Å². The highest BCUT2D eigenvalue weighted by atomic mass is 35.5. The molecule has 3 nitrogen and oxygen atoms in total. The Morgan fingerprint density at radius 2 is 2.16 bits per heavy atom. The number of aromatic nitrogens is 1. The topological polar surface area (TPSA) is 34.5 Å². The van der Waals surface area contributed by atoms with E-state index in [0.29, 0.717) is 16.5 Å². The molecule has 0 unspecified atom stereocenters. The third-order valence-corrected chi connectivity index (χ3v) is 3.09. The average molecular weight is 295 g/mol. The van der Waals surface area contributed by atoms with Gasteiger partial charge in [0.05, 0.1) is 10.7 Å². The molecule has 0 radical (unpaired) electrons. The number of nitrogens with zero attached hydrogens (tertiary/aromatic N) is 2. The van der Waals surface area contributed by atoms with E-state index in [2.05, 4.69) is 10.1 Å². The third kappa shape index (κ3) is 3.69. The van der Waals surface area contributed by atoms with Crippen molar-refractivity contribution in [2.24, 2.45) is 5.16 Å². The van der Waals surface area contributed by atoms with Crippen LogP contribution in [0.4, 0.5) is 0 Å². The summed E-state index contributed by atoms with van der Waals surface area (Å²) in [7, 11) is 1.51. The van der Waals surface area contributed by atoms with E-state index < -0.39 is 0 Å². The van der Waals surface area contributed by atoms with Gasteiger partial charge in [-0.2, -0.15) is 0 Å². The number of hydrogen-bond acceptors (Lipinski definition) is 3. The fraction of sp³-hybridized carbons (Fsp3) is 0.143. The van der Waals surface area contributed by atoms with Crippen LogP contribution in [-0.4, -0.2) is 17.8 Å². The molecule has 5 heteroatoms. The molecule has 0 N–H and O–H groups in total. The minimum absolute atomic E-state index is 0.548. The monoisotopic (exact) mass is 294 g/mol. The number of hydrogen-bond donors (Lipinski definition) is 0. The molecule has 0 saturated heterocycles. The molecule has 0 fully saturated rings. The van der Waals surface area contributed by atoms with E-state index in [9.17, 15) is 0 Å². The molecule has 0 saturated carbocycles. The van der Waals surface area contributed by atoms with Gasteiger partial charge in [0.1, 0.15) is 7.11 Å². The lowest BCUT2D eigenvalue weighted by molar-refractivity contribution is 0.213. The summed E-state index contributed by atoms with van der Waals surface area (Å²) in [5.74, 6) is 0. The van der Waals surface area contributed by atoms with E-state index in [4.69, 9.17) is 28.0 Å². The van der Waals surface area contributed by atoms with Crippen LogP contribution in [0, 0.1) is 0 Å². The lowest BCUT2D eigenvalue weighted by Gasteiger charge is -2.08. The van der Waals surface area contributed by atoms with Crippen LogP contribution < -0.4 is 0 Å². The Hall–Kier alpha value is -1.58. The average Bonchev–Trinajstić information content (AvgIpc) is 2.39. The molecule has 1 aromatic carbocycles. The fourth-order valence-corrected chi connectivity index (χ4v) is 2.22. The normalized spacial score (nSPS) is 11.4. The Balaban J connectivity index is 2.33. The molecule has 0 spiro atoms. The molecule has 0 bridgehead atoms. The van der Waals surface area contributed by atoms with Crippen molar-refractivity contribution < 1.29 is 4.84 Å². The Morgan fingerprint density at radius 1 is 1.32 bits per heavy atom. The van der Waals surface area contributed by atoms with Gasteiger partial charge < -0.3 is 4.84 Å². The second-order valence-corrected chi connectivity index (χ2v) is 4.73. The van der Waals surface area contributed by atoms with Crippen LogP contribution in [0.5, 0.6) is 0 Å². The maximum absolute atomic E-state index is 6.19. The highest BCUT2D eigenvalue weighted by Crippen LogP contribution is 2.23. The predicted molar refractivity (Wildman–Crippen MR) is 77.9 cm³/mol. The molecular weight excluding hydrogens is 283 g/mol. The van der Waals surface area contributed by atoms with Gasteiger partial charge in [-0.15, -0.1) is 0 Å². The second kappa shape index (κ2) is 6.55. The van der Waals surface area contributed by atoms with E-state index in [-0.39, 0.29) is 0 Å². The lowest BCUT2D eigenvalue weighted by atomic mass is 10.0. The van der Waals surface area contributed by atoms with Crippen molar-refractivity contribution in [1.82, 2.24) is 4.98 Å². The number of halogens is 2. The summed E-state index contributed by atoms with van der Waals surface area (Å²) in [6.45, 7) is 0. The van der Waals surface area contributed by atoms with E-state index >= 15 is 0 Å². The van der Waals surface area contributed by atoms with Crippen LogP contribution in [0.1, 0.15) is 11.1 Å². The molecule has 2 aromatic rings. The van der Waals surface area contributed by atoms with Crippen molar-refractivity contribution in [1.29, 1.82) is 0 Å². The molecule has 19 heavy (non-hydrogen) atoms. The molecule has 0 amide bonds. The van der Waals surface area contributed by atoms with Crippen molar-refractivity contribution in [2.45, 2.75) is 6.42 Å². The highest BCUT2D eigenvalue weighted by molar-refractivity contribution is 6.37. The third-order valence-electron chi connectivity index (χ3n) is 2.54. The molecule has 0 atom stereocenters. The van der Waals surface area contributed by atoms with E-state index in [1.165, 1.54) is 7.11 Å². The smallest absolute Gasteiger partial charge is 0.106 e. The minimum Gasteiger partial charge on any atom is -0.399 e. The zero-order chi connectivity index (χ0) is 13.7. The summed E-state index contributed by atoms with van der Waals surface area (Å²) in [6, 6.07) is 9.15. The second-order valence-electron chi connectivity index (χ2n) is 3.88. The maximum Gasteiger partial charge on any atom is 0.106 e. The SMILES string of the molecule is CO/N=C(/Cc1cccnc1)c1ccc(Cl)cc1Cl. The number of rotatable bonds is 4. The summed E-state index contributed by atoms with van der Waals surface area (Å²) in [5.41, 5.74) is 2.57. The van der Waals surface area contributed by atoms with Crippen molar-refractivity contribution in [2.75, 3.05) is 7.11 Å². The lowest BCUT2D eigenvalue weighted by Crippen LogP contribution is -2.07. The minimum atomic E-state index is 0.548. The van der Waals surface area contributed by atoms with Gasteiger partial charge in [-0.1, -0.05) is 40.5 Å². The molecular formula is C14H12Cl2N2O. The first-order chi connectivity index (χ1) is 9.20. The van der Waals surface area contributed by atoms with Crippen LogP contribution in [0.3, 0.4) is 0 Å². The molecule has 2 rings (SSSR count). The van der Waals surface area contributed by atoms with Crippen molar-refractivity contribution >= 4 is 28.9 Å². The first-order valence-corrected chi connectivity index (χ1v) is 6.40. The number of pyridine rings is 1. The molecule has 0 aliphatic heterocycles. The van der Waals surface area contributed by atoms with E-state index in [1.807, 2.05) is 18.2 Å². The summed E-state index contributed by atoms with van der Waals surface area (Å²) in [4.78, 5) is 8.97. The summed E-state index contributed by atoms with van der Waals surface area (Å²) in [6.07, 6.45) is 4.10. The predicted octanol–water partition coefficient (Wildman–Crippen LogP) is 3.98. The van der Waals surface area contributed by atoms with E-state index in [1.54, 1.807) is 24.5 Å². The van der Waals surface area contributed by atoms with Gasteiger partial charge in [0.15, 0.2) is 0 Å². The Morgan fingerprint density at radius 3 is 2.79 bits per heavy atom. The standard InChI is InChI=1S/C14H12Cl2N2O/c1-19-18-14(7-10-3-2-6-17-9-10)12-5-4-11(15)8-13(12)16/h2-6,8-9H,7H2,1H3/b18-14-. The van der Waals surface area contributed by atoms with Crippen LogP contribution in [0.15, 0.2) is 47.9 Å². The highest BCUT2D eigenvalue weighted by Gasteiger charge is 2.11. The van der Waals surface area contributed by atoms with Crippen LogP contribution in [0.2, 0.25) is 10.0 Å². The van der Waals surface area contributed by atoms with Crippen molar-refractivity contribution in [3.8, 4) is 0 Å². The quantitative estimate of drug-likeness (QED) is 0.631. The largest absolute Gasteiger partial charge is 0.399 e. The summed E-state index contributed by atoms with van der Waals surface area (Å²) in [5, 5.41) is 5.18. The summed E-state index contributed by atoms with van der Waals surface area (Å²) >= 11 is 12.1. The zero-order valence-corrected chi connectivity index (χ0v) is 11.8. The van der Waals surface area contributed by atoms with Crippen LogP contribution in [0.25, 0.3) is 0 Å². The summed E-state index contributed by atoms with van der Waals surface area (Å²) < 4.78 is 0. The van der Waals surface area contributed by atoms with Gasteiger partial charge in [0, 0.05) is 29.4 Å². The van der Waals surface area contributed by atoms with Gasteiger partial charge in [0.25, 0.3) is 0 Å². The van der Waals surface area contributed by atoms with Crippen LogP contribution in [-0.2, 0) is 11.3 Å². The van der Waals surface area contributed by atoms with Gasteiger partial charge in [-0.05, 0) is 23.8 Å². The first-order valence-electron chi connectivity index (χ1n) is 5.65. The van der Waals surface area contributed by atoms with E-state index in [0.717, 1.165) is 16.8 Å². The van der Waals surface area contributed by atoms with Crippen molar-refractivity contribution in [3.05, 3.63) is 63.9 Å². The fourth-order valence-electron chi connectivity index (χ4n) is 1.71.